The number of fused-ring (bicyclic) bond motifs is 1. The van der Waals surface area contributed by atoms with E-state index in [0.717, 1.165) is 28.2 Å². The van der Waals surface area contributed by atoms with Gasteiger partial charge in [0.15, 0.2) is 0 Å². The van der Waals surface area contributed by atoms with Crippen molar-refractivity contribution < 1.29 is 14.3 Å². The molecule has 0 spiro atoms. The van der Waals surface area contributed by atoms with Crippen molar-refractivity contribution in [2.45, 2.75) is 32.9 Å². The summed E-state index contributed by atoms with van der Waals surface area (Å²) in [5.74, 6) is 0.553. The van der Waals surface area contributed by atoms with Gasteiger partial charge in [0.05, 0.1) is 25.3 Å². The molecule has 1 N–H and O–H groups in total. The van der Waals surface area contributed by atoms with Gasteiger partial charge in [0.1, 0.15) is 11.4 Å². The molecule has 156 valence electrons. The van der Waals surface area contributed by atoms with Gasteiger partial charge in [-0.05, 0) is 31.0 Å². The average molecular weight is 406 g/mol. The SMILES string of the molecule is COc1ccccc1CN1CC(C(=O)NCc2cn3cc(C)ccc3n2)CCC1=O. The number of carbonyl (C=O) groups excluding carboxylic acids is 2. The van der Waals surface area contributed by atoms with Crippen LogP contribution in [0, 0.1) is 12.8 Å². The Balaban J connectivity index is 1.38. The van der Waals surface area contributed by atoms with Gasteiger partial charge in [0.2, 0.25) is 11.8 Å². The Morgan fingerprint density at radius 1 is 1.23 bits per heavy atom. The summed E-state index contributed by atoms with van der Waals surface area (Å²) < 4.78 is 7.35. The van der Waals surface area contributed by atoms with Gasteiger partial charge in [-0.25, -0.2) is 4.98 Å². The summed E-state index contributed by atoms with van der Waals surface area (Å²) >= 11 is 0. The maximum atomic E-state index is 12.8. The third-order valence-electron chi connectivity index (χ3n) is 5.52. The molecule has 2 aromatic heterocycles. The van der Waals surface area contributed by atoms with Gasteiger partial charge >= 0.3 is 0 Å². The van der Waals surface area contributed by atoms with Crippen LogP contribution in [-0.2, 0) is 22.7 Å². The van der Waals surface area contributed by atoms with Crippen LogP contribution >= 0.6 is 0 Å². The molecule has 3 heterocycles. The summed E-state index contributed by atoms with van der Waals surface area (Å²) in [6.07, 6.45) is 4.88. The first-order chi connectivity index (χ1) is 14.5. The molecule has 7 heteroatoms. The van der Waals surface area contributed by atoms with E-state index in [1.807, 2.05) is 60.1 Å². The van der Waals surface area contributed by atoms with E-state index in [1.165, 1.54) is 0 Å². The molecule has 4 rings (SSSR count). The normalized spacial score (nSPS) is 16.7. The highest BCUT2D eigenvalue weighted by atomic mass is 16.5. The molecular weight excluding hydrogens is 380 g/mol. The molecule has 1 aliphatic rings. The van der Waals surface area contributed by atoms with Crippen molar-refractivity contribution >= 4 is 17.5 Å². The molecule has 3 aromatic rings. The number of methoxy groups -OCH3 is 1. The Bertz CT molecular complexity index is 1080. The number of hydrogen-bond donors (Lipinski definition) is 1. The summed E-state index contributed by atoms with van der Waals surface area (Å²) in [6.45, 7) is 3.25. The van der Waals surface area contributed by atoms with Crippen LogP contribution in [0.2, 0.25) is 0 Å². The van der Waals surface area contributed by atoms with Crippen LogP contribution < -0.4 is 10.1 Å². The zero-order chi connectivity index (χ0) is 21.1. The molecular formula is C23H26N4O3. The molecule has 0 radical (unpaired) electrons. The highest BCUT2D eigenvalue weighted by molar-refractivity contribution is 5.83. The number of nitrogens with zero attached hydrogens (tertiary/aromatic N) is 3. The van der Waals surface area contributed by atoms with Crippen LogP contribution in [-0.4, -0.2) is 39.8 Å². The first-order valence-electron chi connectivity index (χ1n) is 10.1. The van der Waals surface area contributed by atoms with Crippen molar-refractivity contribution in [1.82, 2.24) is 19.6 Å². The lowest BCUT2D eigenvalue weighted by Gasteiger charge is -2.32. The van der Waals surface area contributed by atoms with E-state index in [0.29, 0.717) is 32.5 Å². The first-order valence-corrected chi connectivity index (χ1v) is 10.1. The minimum absolute atomic E-state index is 0.0410. The second-order valence-corrected chi connectivity index (χ2v) is 7.74. The predicted molar refractivity (Wildman–Crippen MR) is 113 cm³/mol. The molecule has 0 bridgehead atoms. The van der Waals surface area contributed by atoms with Crippen LogP contribution in [0.5, 0.6) is 5.75 Å². The Hall–Kier alpha value is -3.35. The zero-order valence-corrected chi connectivity index (χ0v) is 17.3. The fourth-order valence-corrected chi connectivity index (χ4v) is 3.88. The molecule has 7 nitrogen and oxygen atoms in total. The quantitative estimate of drug-likeness (QED) is 0.683. The topological polar surface area (TPSA) is 75.9 Å². The maximum absolute atomic E-state index is 12.8. The lowest BCUT2D eigenvalue weighted by molar-refractivity contribution is -0.139. The number of aromatic nitrogens is 2. The Kier molecular flexibility index (Phi) is 5.70. The Morgan fingerprint density at radius 3 is 2.90 bits per heavy atom. The number of nitrogens with one attached hydrogen (secondary N) is 1. The summed E-state index contributed by atoms with van der Waals surface area (Å²) in [6, 6.07) is 11.6. The van der Waals surface area contributed by atoms with Gasteiger partial charge in [-0.2, -0.15) is 0 Å². The predicted octanol–water partition coefficient (Wildman–Crippen LogP) is 2.71. The standard InChI is InChI=1S/C23H26N4O3/c1-16-7-9-21-25-19(15-26(21)12-16)11-24-23(29)18-8-10-22(28)27(14-18)13-17-5-3-4-6-20(17)30-2/h3-7,9,12,15,18H,8,10-11,13-14H2,1-2H3,(H,24,29). The van der Waals surface area contributed by atoms with Gasteiger partial charge in [-0.3, -0.25) is 9.59 Å². The van der Waals surface area contributed by atoms with Crippen molar-refractivity contribution in [3.8, 4) is 5.75 Å². The third kappa shape index (κ3) is 4.30. The number of imidazole rings is 1. The number of likely N-dealkylation sites (tertiary alicyclic amines) is 1. The summed E-state index contributed by atoms with van der Waals surface area (Å²) in [4.78, 5) is 31.5. The molecule has 0 aliphatic carbocycles. The zero-order valence-electron chi connectivity index (χ0n) is 17.3. The smallest absolute Gasteiger partial charge is 0.225 e. The van der Waals surface area contributed by atoms with Crippen molar-refractivity contribution in [2.75, 3.05) is 13.7 Å². The molecule has 0 saturated carbocycles. The number of rotatable bonds is 6. The minimum Gasteiger partial charge on any atom is -0.496 e. The molecule has 2 amide bonds. The molecule has 1 unspecified atom stereocenters. The number of para-hydroxylation sites is 1. The van der Waals surface area contributed by atoms with Gasteiger partial charge in [-0.1, -0.05) is 24.3 Å². The van der Waals surface area contributed by atoms with Gasteiger partial charge in [-0.15, -0.1) is 0 Å². The first kappa shape index (κ1) is 19.9. The number of hydrogen-bond acceptors (Lipinski definition) is 4. The highest BCUT2D eigenvalue weighted by Gasteiger charge is 2.30. The number of piperidine rings is 1. The van der Waals surface area contributed by atoms with Crippen LogP contribution in [0.4, 0.5) is 0 Å². The number of carbonyl (C=O) groups is 2. The van der Waals surface area contributed by atoms with E-state index in [4.69, 9.17) is 4.74 Å². The second-order valence-electron chi connectivity index (χ2n) is 7.74. The van der Waals surface area contributed by atoms with E-state index in [-0.39, 0.29) is 17.7 Å². The largest absolute Gasteiger partial charge is 0.496 e. The Labute approximate surface area is 175 Å². The average Bonchev–Trinajstić information content (AvgIpc) is 3.16. The van der Waals surface area contributed by atoms with Crippen LogP contribution in [0.1, 0.15) is 29.7 Å². The molecule has 1 fully saturated rings. The lowest BCUT2D eigenvalue weighted by atomic mass is 9.96. The van der Waals surface area contributed by atoms with E-state index >= 15 is 0 Å². The number of benzene rings is 1. The fourth-order valence-electron chi connectivity index (χ4n) is 3.88. The van der Waals surface area contributed by atoms with Gasteiger partial charge in [0, 0.05) is 37.5 Å². The third-order valence-corrected chi connectivity index (χ3v) is 5.52. The second kappa shape index (κ2) is 8.57. The van der Waals surface area contributed by atoms with Gasteiger partial charge in [0.25, 0.3) is 0 Å². The highest BCUT2D eigenvalue weighted by Crippen LogP contribution is 2.24. The summed E-state index contributed by atoms with van der Waals surface area (Å²) in [5, 5.41) is 2.99. The molecule has 1 aliphatic heterocycles. The van der Waals surface area contributed by atoms with Crippen LogP contribution in [0.15, 0.2) is 48.8 Å². The lowest BCUT2D eigenvalue weighted by Crippen LogP contribution is -2.45. The van der Waals surface area contributed by atoms with E-state index in [2.05, 4.69) is 10.3 Å². The fraction of sp³-hybridized carbons (Fsp3) is 0.348. The number of amides is 2. The maximum Gasteiger partial charge on any atom is 0.225 e. The van der Waals surface area contributed by atoms with E-state index in [1.54, 1.807) is 12.0 Å². The molecule has 1 atom stereocenters. The van der Waals surface area contributed by atoms with Crippen molar-refractivity contribution in [3.05, 3.63) is 65.6 Å². The minimum atomic E-state index is -0.225. The summed E-state index contributed by atoms with van der Waals surface area (Å²) in [7, 11) is 1.62. The number of ether oxygens (including phenoxy) is 1. The Morgan fingerprint density at radius 2 is 2.07 bits per heavy atom. The molecule has 1 aromatic carbocycles. The van der Waals surface area contributed by atoms with E-state index in [9.17, 15) is 9.59 Å². The van der Waals surface area contributed by atoms with Crippen molar-refractivity contribution in [3.63, 3.8) is 0 Å². The monoisotopic (exact) mass is 406 g/mol. The molecule has 30 heavy (non-hydrogen) atoms. The molecule has 1 saturated heterocycles. The van der Waals surface area contributed by atoms with Crippen LogP contribution in [0.25, 0.3) is 5.65 Å². The van der Waals surface area contributed by atoms with Crippen molar-refractivity contribution in [1.29, 1.82) is 0 Å². The van der Waals surface area contributed by atoms with Gasteiger partial charge < -0.3 is 19.4 Å². The van der Waals surface area contributed by atoms with Crippen molar-refractivity contribution in [2.24, 2.45) is 5.92 Å². The van der Waals surface area contributed by atoms with Crippen LogP contribution in [0.3, 0.4) is 0 Å². The summed E-state index contributed by atoms with van der Waals surface area (Å²) in [5.41, 5.74) is 3.76. The van der Waals surface area contributed by atoms with E-state index < -0.39 is 0 Å². The number of pyridine rings is 1. The number of aryl methyl sites for hydroxylation is 1.